The zero-order chi connectivity index (χ0) is 16.3. The van der Waals surface area contributed by atoms with Crippen LogP contribution < -0.4 is 5.32 Å². The lowest BCUT2D eigenvalue weighted by Crippen LogP contribution is -2.51. The summed E-state index contributed by atoms with van der Waals surface area (Å²) in [5, 5.41) is 14.0. The van der Waals surface area contributed by atoms with E-state index in [2.05, 4.69) is 11.4 Å². The normalized spacial score (nSPS) is 22.5. The lowest BCUT2D eigenvalue weighted by Gasteiger charge is -2.36. The number of hydrogen-bond donors (Lipinski definition) is 2. The Hall–Kier alpha value is -1.39. The van der Waals surface area contributed by atoms with Crippen LogP contribution in [0.5, 0.6) is 0 Å². The maximum Gasteiger partial charge on any atom is 0.237 e. The molecule has 4 nitrogen and oxygen atoms in total. The van der Waals surface area contributed by atoms with Gasteiger partial charge in [0, 0.05) is 0 Å². The van der Waals surface area contributed by atoms with Crippen molar-refractivity contribution in [2.45, 2.75) is 44.8 Å². The standard InChI is InChI=1S/C18H28N2O2/c1-13(2)16(20(3)4)17(21)19-12-18(22)11-7-9-14-8-5-6-10-15(14)18/h5-6,8,10,13,16,22H,7,9,11-12H2,1-4H3,(H,19,21). The summed E-state index contributed by atoms with van der Waals surface area (Å²) in [7, 11) is 3.82. The van der Waals surface area contributed by atoms with Gasteiger partial charge in [0.1, 0.15) is 5.60 Å². The molecule has 2 unspecified atom stereocenters. The van der Waals surface area contributed by atoms with Gasteiger partial charge in [0.05, 0.1) is 12.6 Å². The van der Waals surface area contributed by atoms with Gasteiger partial charge in [-0.15, -0.1) is 0 Å². The average molecular weight is 304 g/mol. The zero-order valence-corrected chi connectivity index (χ0v) is 14.1. The first kappa shape index (κ1) is 17.0. The number of nitrogens with one attached hydrogen (secondary N) is 1. The third kappa shape index (κ3) is 3.50. The lowest BCUT2D eigenvalue weighted by atomic mass is 9.79. The maximum atomic E-state index is 12.5. The molecular weight excluding hydrogens is 276 g/mol. The first-order valence-electron chi connectivity index (χ1n) is 8.10. The van der Waals surface area contributed by atoms with Crippen LogP contribution in [-0.4, -0.2) is 42.6 Å². The highest BCUT2D eigenvalue weighted by molar-refractivity contribution is 5.82. The molecule has 2 atom stereocenters. The second-order valence-corrected chi connectivity index (χ2v) is 6.91. The van der Waals surface area contributed by atoms with Crippen LogP contribution in [0, 0.1) is 5.92 Å². The van der Waals surface area contributed by atoms with Crippen LogP contribution in [0.25, 0.3) is 0 Å². The topological polar surface area (TPSA) is 52.6 Å². The molecule has 2 N–H and O–H groups in total. The van der Waals surface area contributed by atoms with Crippen LogP contribution in [0.2, 0.25) is 0 Å². The molecule has 0 radical (unpaired) electrons. The lowest BCUT2D eigenvalue weighted by molar-refractivity contribution is -0.128. The number of rotatable bonds is 5. The first-order chi connectivity index (χ1) is 10.3. The number of fused-ring (bicyclic) bond motifs is 1. The Morgan fingerprint density at radius 2 is 2.05 bits per heavy atom. The van der Waals surface area contributed by atoms with Gasteiger partial charge in [0.2, 0.25) is 5.91 Å². The highest BCUT2D eigenvalue weighted by Gasteiger charge is 2.35. The molecule has 0 aromatic heterocycles. The Morgan fingerprint density at radius 3 is 2.68 bits per heavy atom. The third-order valence-electron chi connectivity index (χ3n) is 4.57. The van der Waals surface area contributed by atoms with Crippen LogP contribution in [0.1, 0.15) is 37.8 Å². The highest BCUT2D eigenvalue weighted by Crippen LogP contribution is 2.34. The number of carbonyl (C=O) groups is 1. The Balaban J connectivity index is 2.10. The van der Waals surface area contributed by atoms with E-state index in [1.807, 2.05) is 51.0 Å². The Morgan fingerprint density at radius 1 is 1.36 bits per heavy atom. The second-order valence-electron chi connectivity index (χ2n) is 6.91. The van der Waals surface area contributed by atoms with E-state index in [9.17, 15) is 9.90 Å². The maximum absolute atomic E-state index is 12.5. The summed E-state index contributed by atoms with van der Waals surface area (Å²) in [4.78, 5) is 14.4. The summed E-state index contributed by atoms with van der Waals surface area (Å²) in [5.74, 6) is 0.208. The SMILES string of the molecule is CC(C)C(C(=O)NCC1(O)CCCc2ccccc21)N(C)C. The van der Waals surface area contributed by atoms with E-state index >= 15 is 0 Å². The molecule has 0 aliphatic heterocycles. The predicted molar refractivity (Wildman–Crippen MR) is 88.6 cm³/mol. The van der Waals surface area contributed by atoms with Gasteiger partial charge < -0.3 is 10.4 Å². The molecule has 0 saturated heterocycles. The molecule has 1 aliphatic carbocycles. The van der Waals surface area contributed by atoms with E-state index in [0.717, 1.165) is 18.4 Å². The van der Waals surface area contributed by atoms with Crippen LogP contribution in [0.3, 0.4) is 0 Å². The highest BCUT2D eigenvalue weighted by atomic mass is 16.3. The monoisotopic (exact) mass is 304 g/mol. The number of hydrogen-bond acceptors (Lipinski definition) is 3. The molecule has 0 spiro atoms. The molecular formula is C18H28N2O2. The Kier molecular flexibility index (Phi) is 5.24. The number of nitrogens with zero attached hydrogens (tertiary/aromatic N) is 1. The molecule has 0 fully saturated rings. The van der Waals surface area contributed by atoms with E-state index in [1.54, 1.807) is 0 Å². The largest absolute Gasteiger partial charge is 0.383 e. The van der Waals surface area contributed by atoms with E-state index < -0.39 is 5.60 Å². The molecule has 1 amide bonds. The van der Waals surface area contributed by atoms with Crippen molar-refractivity contribution in [1.29, 1.82) is 0 Å². The van der Waals surface area contributed by atoms with Gasteiger partial charge in [-0.25, -0.2) is 0 Å². The van der Waals surface area contributed by atoms with Crippen molar-refractivity contribution in [3.63, 3.8) is 0 Å². The number of amides is 1. The van der Waals surface area contributed by atoms with Crippen LogP contribution >= 0.6 is 0 Å². The van der Waals surface area contributed by atoms with E-state index in [0.29, 0.717) is 6.42 Å². The minimum atomic E-state index is -0.946. The average Bonchev–Trinajstić information content (AvgIpc) is 2.45. The van der Waals surface area contributed by atoms with Gasteiger partial charge in [-0.2, -0.15) is 0 Å². The van der Waals surface area contributed by atoms with Crippen LogP contribution in [0.4, 0.5) is 0 Å². The number of aliphatic hydroxyl groups is 1. The minimum absolute atomic E-state index is 0.0171. The number of likely N-dealkylation sites (N-methyl/N-ethyl adjacent to an activating group) is 1. The number of carbonyl (C=O) groups excluding carboxylic acids is 1. The molecule has 0 heterocycles. The van der Waals surface area contributed by atoms with Crippen LogP contribution in [0.15, 0.2) is 24.3 Å². The summed E-state index contributed by atoms with van der Waals surface area (Å²) in [6.45, 7) is 4.35. The molecule has 0 saturated carbocycles. The molecule has 22 heavy (non-hydrogen) atoms. The van der Waals surface area contributed by atoms with Crippen molar-refractivity contribution in [3.8, 4) is 0 Å². The summed E-state index contributed by atoms with van der Waals surface area (Å²) < 4.78 is 0. The smallest absolute Gasteiger partial charge is 0.237 e. The van der Waals surface area contributed by atoms with Gasteiger partial charge in [0.25, 0.3) is 0 Å². The molecule has 2 rings (SSSR count). The van der Waals surface area contributed by atoms with E-state index in [4.69, 9.17) is 0 Å². The molecule has 1 aromatic carbocycles. The number of benzene rings is 1. The van der Waals surface area contributed by atoms with Gasteiger partial charge in [0.15, 0.2) is 0 Å². The Labute approximate surface area is 133 Å². The van der Waals surface area contributed by atoms with E-state index in [-0.39, 0.29) is 24.4 Å². The summed E-state index contributed by atoms with van der Waals surface area (Å²) >= 11 is 0. The molecule has 4 heteroatoms. The van der Waals surface area contributed by atoms with Crippen molar-refractivity contribution in [2.24, 2.45) is 5.92 Å². The molecule has 0 bridgehead atoms. The first-order valence-corrected chi connectivity index (χ1v) is 8.10. The van der Waals surface area contributed by atoms with Crippen molar-refractivity contribution >= 4 is 5.91 Å². The fourth-order valence-corrected chi connectivity index (χ4v) is 3.55. The second kappa shape index (κ2) is 6.80. The minimum Gasteiger partial charge on any atom is -0.383 e. The summed E-state index contributed by atoms with van der Waals surface area (Å²) in [6, 6.07) is 7.82. The fraction of sp³-hybridized carbons (Fsp3) is 0.611. The zero-order valence-electron chi connectivity index (χ0n) is 14.1. The van der Waals surface area contributed by atoms with Gasteiger partial charge >= 0.3 is 0 Å². The summed E-state index contributed by atoms with van der Waals surface area (Å²) in [5.41, 5.74) is 1.21. The quantitative estimate of drug-likeness (QED) is 0.874. The van der Waals surface area contributed by atoms with Crippen molar-refractivity contribution in [1.82, 2.24) is 10.2 Å². The van der Waals surface area contributed by atoms with Gasteiger partial charge in [-0.05, 0) is 50.4 Å². The van der Waals surface area contributed by atoms with Crippen molar-refractivity contribution < 1.29 is 9.90 Å². The molecule has 122 valence electrons. The van der Waals surface area contributed by atoms with Crippen molar-refractivity contribution in [2.75, 3.05) is 20.6 Å². The van der Waals surface area contributed by atoms with Gasteiger partial charge in [-0.1, -0.05) is 38.1 Å². The number of aryl methyl sites for hydroxylation is 1. The van der Waals surface area contributed by atoms with Crippen molar-refractivity contribution in [3.05, 3.63) is 35.4 Å². The Bertz CT molecular complexity index is 520. The summed E-state index contributed by atoms with van der Waals surface area (Å²) in [6.07, 6.45) is 2.64. The molecule has 1 aliphatic rings. The predicted octanol–water partition coefficient (Wildman–Crippen LogP) is 1.91. The molecule has 1 aromatic rings. The van der Waals surface area contributed by atoms with Crippen LogP contribution in [-0.2, 0) is 16.8 Å². The van der Waals surface area contributed by atoms with E-state index in [1.165, 1.54) is 5.56 Å². The fourth-order valence-electron chi connectivity index (χ4n) is 3.55. The van der Waals surface area contributed by atoms with Gasteiger partial charge in [-0.3, -0.25) is 9.69 Å². The third-order valence-corrected chi connectivity index (χ3v) is 4.57.